The van der Waals surface area contributed by atoms with Crippen molar-refractivity contribution < 1.29 is 35.4 Å². The van der Waals surface area contributed by atoms with Gasteiger partial charge in [-0.25, -0.2) is 8.42 Å². The van der Waals surface area contributed by atoms with Crippen LogP contribution in [0.1, 0.15) is 47.5 Å². The van der Waals surface area contributed by atoms with Gasteiger partial charge < -0.3 is 14.3 Å². The summed E-state index contributed by atoms with van der Waals surface area (Å²) in [6, 6.07) is 18.9. The van der Waals surface area contributed by atoms with Gasteiger partial charge in [0.25, 0.3) is 0 Å². The van der Waals surface area contributed by atoms with Gasteiger partial charge in [0.15, 0.2) is 20.8 Å². The van der Waals surface area contributed by atoms with Crippen LogP contribution in [-0.4, -0.2) is 35.8 Å². The second-order valence-electron chi connectivity index (χ2n) is 10.2. The van der Waals surface area contributed by atoms with Gasteiger partial charge in [-0.2, -0.15) is 13.2 Å². The molecule has 1 fully saturated rings. The molecule has 12 heteroatoms. The molecule has 1 saturated heterocycles. The van der Waals surface area contributed by atoms with Crippen molar-refractivity contribution >= 4 is 38.1 Å². The maximum absolute atomic E-state index is 13.5. The predicted molar refractivity (Wildman–Crippen MR) is 153 cm³/mol. The summed E-state index contributed by atoms with van der Waals surface area (Å²) in [6.07, 6.45) is -3.27. The van der Waals surface area contributed by atoms with E-state index in [4.69, 9.17) is 4.42 Å². The van der Waals surface area contributed by atoms with E-state index in [1.54, 1.807) is 23.4 Å². The quantitative estimate of drug-likeness (QED) is 0.233. The van der Waals surface area contributed by atoms with E-state index in [1.807, 2.05) is 30.3 Å². The Bertz CT molecular complexity index is 1640. The molecular weight excluding hydrogens is 589 g/mol. The Morgan fingerprint density at radius 3 is 2.52 bits per heavy atom. The van der Waals surface area contributed by atoms with Crippen LogP contribution >= 0.6 is 0 Å². The summed E-state index contributed by atoms with van der Waals surface area (Å²) < 4.78 is 85.5. The van der Waals surface area contributed by atoms with Crippen LogP contribution in [0.3, 0.4) is 0 Å². The second-order valence-corrected chi connectivity index (χ2v) is 13.9. The molecule has 7 nitrogen and oxygen atoms in total. The Kier molecular flexibility index (Phi) is 8.70. The molecule has 1 aliphatic rings. The van der Waals surface area contributed by atoms with Gasteiger partial charge >= 0.3 is 6.18 Å². The van der Waals surface area contributed by atoms with Crippen LogP contribution in [0.15, 0.2) is 88.2 Å². The Morgan fingerprint density at radius 2 is 1.81 bits per heavy atom. The number of nitrogens with one attached hydrogen (secondary N) is 1. The molecule has 0 bridgehead atoms. The van der Waals surface area contributed by atoms with E-state index in [2.05, 4.69) is 5.32 Å². The van der Waals surface area contributed by atoms with Gasteiger partial charge in [0.05, 0.1) is 27.6 Å². The molecule has 2 heterocycles. The van der Waals surface area contributed by atoms with Crippen molar-refractivity contribution in [3.63, 3.8) is 0 Å². The average molecular weight is 619 g/mol. The first kappa shape index (κ1) is 30.1. The number of fused-ring (bicyclic) bond motifs is 1. The van der Waals surface area contributed by atoms with Crippen molar-refractivity contribution in [3.8, 4) is 0 Å². The van der Waals surface area contributed by atoms with Gasteiger partial charge in [-0.15, -0.1) is 4.31 Å². The minimum Gasteiger partial charge on any atom is -0.597 e. The lowest BCUT2D eigenvalue weighted by Crippen LogP contribution is -2.46. The molecular formula is C30H29F3N2O5S2. The average Bonchev–Trinajstić information content (AvgIpc) is 3.63. The Balaban J connectivity index is 1.21. The lowest BCUT2D eigenvalue weighted by atomic mass is 10.1. The molecule has 1 amide bonds. The van der Waals surface area contributed by atoms with Crippen LogP contribution in [0, 0.1) is 0 Å². The number of amides is 1. The minimum absolute atomic E-state index is 0.00240. The van der Waals surface area contributed by atoms with Crippen molar-refractivity contribution in [2.24, 2.45) is 0 Å². The molecule has 222 valence electrons. The molecule has 1 unspecified atom stereocenters. The molecule has 5 rings (SSSR count). The van der Waals surface area contributed by atoms with E-state index in [1.165, 1.54) is 12.1 Å². The van der Waals surface area contributed by atoms with Gasteiger partial charge in [0.2, 0.25) is 5.91 Å². The van der Waals surface area contributed by atoms with Gasteiger partial charge in [0.1, 0.15) is 11.6 Å². The summed E-state index contributed by atoms with van der Waals surface area (Å²) in [5.41, 5.74) is 0.622. The third-order valence-electron chi connectivity index (χ3n) is 7.25. The number of carbonyl (C=O) groups excluding carboxylic acids is 1. The number of sulfone groups is 1. The van der Waals surface area contributed by atoms with E-state index >= 15 is 0 Å². The first-order valence-electron chi connectivity index (χ1n) is 13.3. The molecule has 0 spiro atoms. The largest absolute Gasteiger partial charge is 0.597 e. The topological polar surface area (TPSA) is 103 Å². The number of nitrogens with zero attached hydrogens (tertiary/aromatic N) is 1. The molecule has 1 aromatic heterocycles. The normalized spacial score (nSPS) is 17.8. The van der Waals surface area contributed by atoms with E-state index in [0.717, 1.165) is 29.7 Å². The highest BCUT2D eigenvalue weighted by molar-refractivity contribution is 7.90. The fraction of sp³-hybridized carbons (Fsp3) is 0.300. The monoisotopic (exact) mass is 618 g/mol. The summed E-state index contributed by atoms with van der Waals surface area (Å²) >= 11 is -1.52. The number of alkyl halides is 3. The van der Waals surface area contributed by atoms with Crippen molar-refractivity contribution in [2.45, 2.75) is 54.4 Å². The van der Waals surface area contributed by atoms with E-state index in [0.29, 0.717) is 36.3 Å². The first-order valence-corrected chi connectivity index (χ1v) is 16.2. The van der Waals surface area contributed by atoms with E-state index in [9.17, 15) is 30.9 Å². The molecule has 0 saturated carbocycles. The highest BCUT2D eigenvalue weighted by Crippen LogP contribution is 2.34. The second kappa shape index (κ2) is 12.1. The number of carbonyl (C=O) groups is 1. The van der Waals surface area contributed by atoms with Crippen LogP contribution in [0.5, 0.6) is 0 Å². The summed E-state index contributed by atoms with van der Waals surface area (Å²) in [4.78, 5) is 13.1. The standard InChI is InChI=1S/C30H29F3N2O5S2/c1-20(28-17-23-7-2-3-10-27(23)40-28)41(37)35-15-5-9-26(35)29(36)34-18-22-6-4-8-25(16-22)42(38,39)19-21-11-13-24(14-12-21)30(31,32)33/h2-4,6-8,10-14,16-17,20,26H,5,9,15,18-19H2,1H3,(H,34,36)/t20-,26+,41?/m1/s1. The molecule has 0 radical (unpaired) electrons. The number of hydrogen-bond acceptors (Lipinski definition) is 6. The maximum Gasteiger partial charge on any atom is 0.416 e. The predicted octanol–water partition coefficient (Wildman–Crippen LogP) is 5.93. The summed E-state index contributed by atoms with van der Waals surface area (Å²) in [5.74, 6) is -0.196. The van der Waals surface area contributed by atoms with Crippen LogP contribution < -0.4 is 5.32 Å². The number of halogens is 3. The number of rotatable bonds is 9. The van der Waals surface area contributed by atoms with E-state index < -0.39 is 50.0 Å². The van der Waals surface area contributed by atoms with Gasteiger partial charge in [-0.05, 0) is 67.3 Å². The van der Waals surface area contributed by atoms with Gasteiger partial charge in [-0.3, -0.25) is 4.79 Å². The first-order chi connectivity index (χ1) is 19.9. The Hall–Kier alpha value is -3.32. The number of hydrogen-bond donors (Lipinski definition) is 1. The molecule has 3 atom stereocenters. The van der Waals surface area contributed by atoms with Crippen LogP contribution in [-0.2, 0) is 44.5 Å². The Morgan fingerprint density at radius 1 is 1.07 bits per heavy atom. The maximum atomic E-state index is 13.5. The van der Waals surface area contributed by atoms with Crippen molar-refractivity contribution in [3.05, 3.63) is 101 Å². The molecule has 4 aromatic rings. The molecule has 42 heavy (non-hydrogen) atoms. The van der Waals surface area contributed by atoms with Crippen molar-refractivity contribution in [1.29, 1.82) is 0 Å². The number of para-hydroxylation sites is 1. The highest BCUT2D eigenvalue weighted by atomic mass is 32.2. The van der Waals surface area contributed by atoms with Crippen LogP contribution in [0.2, 0.25) is 0 Å². The number of benzene rings is 3. The number of furan rings is 1. The fourth-order valence-electron chi connectivity index (χ4n) is 4.97. The van der Waals surface area contributed by atoms with Crippen molar-refractivity contribution in [2.75, 3.05) is 6.54 Å². The van der Waals surface area contributed by atoms with Gasteiger partial charge in [0, 0.05) is 18.5 Å². The lowest BCUT2D eigenvalue weighted by molar-refractivity contribution is -0.137. The smallest absolute Gasteiger partial charge is 0.416 e. The zero-order valence-electron chi connectivity index (χ0n) is 22.6. The fourth-order valence-corrected chi connectivity index (χ4v) is 7.87. The summed E-state index contributed by atoms with van der Waals surface area (Å²) in [5, 5.41) is 3.29. The highest BCUT2D eigenvalue weighted by Gasteiger charge is 2.42. The minimum atomic E-state index is -4.51. The van der Waals surface area contributed by atoms with Crippen LogP contribution in [0.25, 0.3) is 11.0 Å². The molecule has 3 aromatic carbocycles. The molecule has 1 aliphatic heterocycles. The lowest BCUT2D eigenvalue weighted by Gasteiger charge is -2.28. The zero-order chi connectivity index (χ0) is 30.1. The SMILES string of the molecule is C[C@H](c1cc2ccccc2o1)[S+]([O-])N1CCC[C@H]1C(=O)NCc1cccc(S(=O)(=O)Cc2ccc(C(F)(F)F)cc2)c1. The Labute approximate surface area is 244 Å². The molecule has 1 N–H and O–H groups in total. The van der Waals surface area contributed by atoms with Crippen LogP contribution in [0.4, 0.5) is 13.2 Å². The summed E-state index contributed by atoms with van der Waals surface area (Å²) in [6.45, 7) is 2.35. The zero-order valence-corrected chi connectivity index (χ0v) is 24.3. The van der Waals surface area contributed by atoms with Crippen molar-refractivity contribution in [1.82, 2.24) is 9.62 Å². The van der Waals surface area contributed by atoms with Gasteiger partial charge in [-0.1, -0.05) is 42.5 Å². The van der Waals surface area contributed by atoms with E-state index in [-0.39, 0.29) is 22.9 Å². The third kappa shape index (κ3) is 6.67. The molecule has 0 aliphatic carbocycles. The third-order valence-corrected chi connectivity index (χ3v) is 10.7. The summed E-state index contributed by atoms with van der Waals surface area (Å²) in [7, 11) is -3.86.